The van der Waals surface area contributed by atoms with E-state index in [0.717, 1.165) is 24.0 Å². The molecule has 0 radical (unpaired) electrons. The molecule has 4 heteroatoms. The lowest BCUT2D eigenvalue weighted by molar-refractivity contribution is -0.142. The minimum atomic E-state index is -0.574. The topological polar surface area (TPSA) is 66.8 Å². The van der Waals surface area contributed by atoms with Gasteiger partial charge in [-0.2, -0.15) is 0 Å². The van der Waals surface area contributed by atoms with Crippen LogP contribution in [0.3, 0.4) is 0 Å². The molecule has 1 heterocycles. The van der Waals surface area contributed by atoms with E-state index in [1.165, 1.54) is 0 Å². The fourth-order valence-electron chi connectivity index (χ4n) is 2.79. The van der Waals surface area contributed by atoms with E-state index in [4.69, 9.17) is 4.74 Å². The van der Waals surface area contributed by atoms with Crippen LogP contribution in [0.25, 0.3) is 0 Å². The molecule has 0 aromatic carbocycles. The molecule has 0 bridgehead atoms. The summed E-state index contributed by atoms with van der Waals surface area (Å²) in [7, 11) is 0. The summed E-state index contributed by atoms with van der Waals surface area (Å²) in [5.74, 6) is -0.157. The average Bonchev–Trinajstić information content (AvgIpc) is 2.65. The van der Waals surface area contributed by atoms with Crippen molar-refractivity contribution in [1.82, 2.24) is 0 Å². The Morgan fingerprint density at radius 3 is 2.89 bits per heavy atom. The van der Waals surface area contributed by atoms with Crippen molar-refractivity contribution in [3.8, 4) is 0 Å². The van der Waals surface area contributed by atoms with Gasteiger partial charge in [-0.25, -0.2) is 0 Å². The fourth-order valence-corrected chi connectivity index (χ4v) is 2.79. The second kappa shape index (κ2) is 5.88. The quantitative estimate of drug-likeness (QED) is 0.558. The van der Waals surface area contributed by atoms with Crippen LogP contribution in [0.2, 0.25) is 0 Å². The lowest BCUT2D eigenvalue weighted by Crippen LogP contribution is -2.21. The molecule has 4 nitrogen and oxygen atoms in total. The zero-order chi connectivity index (χ0) is 14.0. The van der Waals surface area contributed by atoms with Crippen molar-refractivity contribution in [2.75, 3.05) is 6.61 Å². The molecule has 0 spiro atoms. The van der Waals surface area contributed by atoms with Crippen LogP contribution in [-0.4, -0.2) is 35.0 Å². The van der Waals surface area contributed by atoms with Gasteiger partial charge in [0.25, 0.3) is 0 Å². The molecule has 0 unspecified atom stereocenters. The number of rotatable bonds is 1. The molecule has 1 saturated heterocycles. The number of carbonyl (C=O) groups is 1. The van der Waals surface area contributed by atoms with Crippen LogP contribution < -0.4 is 0 Å². The minimum absolute atomic E-state index is 0.00997. The fraction of sp³-hybridized carbons (Fsp3) is 0.667. The highest BCUT2D eigenvalue weighted by Crippen LogP contribution is 2.35. The van der Waals surface area contributed by atoms with Crippen LogP contribution in [-0.2, 0) is 9.53 Å². The molecule has 19 heavy (non-hydrogen) atoms. The van der Waals surface area contributed by atoms with Crippen molar-refractivity contribution in [1.29, 1.82) is 0 Å². The molecule has 0 aromatic heterocycles. The molecule has 2 rings (SSSR count). The van der Waals surface area contributed by atoms with Gasteiger partial charge >= 0.3 is 5.97 Å². The maximum absolute atomic E-state index is 11.7. The molecule has 0 saturated carbocycles. The average molecular weight is 266 g/mol. The molecular formula is C15H22O4. The second-order valence-corrected chi connectivity index (χ2v) is 5.58. The molecule has 2 N–H and O–H groups in total. The van der Waals surface area contributed by atoms with E-state index in [0.29, 0.717) is 6.42 Å². The van der Waals surface area contributed by atoms with Crippen LogP contribution in [0.15, 0.2) is 23.3 Å². The molecule has 0 aromatic rings. The van der Waals surface area contributed by atoms with Crippen molar-refractivity contribution < 1.29 is 19.7 Å². The van der Waals surface area contributed by atoms with Gasteiger partial charge in [-0.15, -0.1) is 0 Å². The number of ether oxygens (including phenoxy) is 1. The monoisotopic (exact) mass is 266 g/mol. The zero-order valence-electron chi connectivity index (χ0n) is 11.5. The van der Waals surface area contributed by atoms with Gasteiger partial charge in [-0.3, -0.25) is 4.79 Å². The first-order valence-electron chi connectivity index (χ1n) is 6.88. The van der Waals surface area contributed by atoms with Crippen molar-refractivity contribution in [2.24, 2.45) is 11.8 Å². The molecule has 2 aliphatic rings. The summed E-state index contributed by atoms with van der Waals surface area (Å²) in [5, 5.41) is 19.3. The summed E-state index contributed by atoms with van der Waals surface area (Å²) in [6, 6.07) is 0. The summed E-state index contributed by atoms with van der Waals surface area (Å²) in [5.41, 5.74) is 1.76. The Hall–Kier alpha value is -1.13. The van der Waals surface area contributed by atoms with Crippen LogP contribution in [0, 0.1) is 11.8 Å². The summed E-state index contributed by atoms with van der Waals surface area (Å²) in [6.45, 7) is 3.75. The first kappa shape index (κ1) is 14.3. The van der Waals surface area contributed by atoms with E-state index < -0.39 is 6.10 Å². The summed E-state index contributed by atoms with van der Waals surface area (Å²) >= 11 is 0. The van der Waals surface area contributed by atoms with Crippen LogP contribution in [0.5, 0.6) is 0 Å². The normalized spacial score (nSPS) is 36.1. The lowest BCUT2D eigenvalue weighted by Gasteiger charge is -2.21. The van der Waals surface area contributed by atoms with Gasteiger partial charge in [0.05, 0.1) is 18.6 Å². The Morgan fingerprint density at radius 1 is 1.47 bits per heavy atom. The Bertz CT molecular complexity index is 410. The van der Waals surface area contributed by atoms with Gasteiger partial charge < -0.3 is 14.9 Å². The van der Waals surface area contributed by atoms with Crippen molar-refractivity contribution >= 4 is 5.97 Å². The van der Waals surface area contributed by atoms with E-state index >= 15 is 0 Å². The third-order valence-corrected chi connectivity index (χ3v) is 4.27. The van der Waals surface area contributed by atoms with E-state index in [9.17, 15) is 15.0 Å². The van der Waals surface area contributed by atoms with Crippen molar-refractivity contribution in [3.05, 3.63) is 23.3 Å². The van der Waals surface area contributed by atoms with Gasteiger partial charge in [0, 0.05) is 5.92 Å². The van der Waals surface area contributed by atoms with Gasteiger partial charge in [0.1, 0.15) is 6.10 Å². The molecule has 0 amide bonds. The van der Waals surface area contributed by atoms with Gasteiger partial charge in [-0.1, -0.05) is 13.0 Å². The minimum Gasteiger partial charge on any atom is -0.458 e. The summed E-state index contributed by atoms with van der Waals surface area (Å²) in [4.78, 5) is 11.7. The molecule has 1 aliphatic carbocycles. The Kier molecular flexibility index (Phi) is 4.42. The molecule has 1 fully saturated rings. The third kappa shape index (κ3) is 3.07. The number of hydrogen-bond acceptors (Lipinski definition) is 4. The highest BCUT2D eigenvalue weighted by atomic mass is 16.6. The lowest BCUT2D eigenvalue weighted by atomic mass is 9.84. The van der Waals surface area contributed by atoms with Crippen LogP contribution in [0.1, 0.15) is 33.1 Å². The number of hydrogen-bond donors (Lipinski definition) is 2. The number of fused-ring (bicyclic) bond motifs is 1. The van der Waals surface area contributed by atoms with E-state index in [-0.39, 0.29) is 30.5 Å². The zero-order valence-corrected chi connectivity index (χ0v) is 11.5. The second-order valence-electron chi connectivity index (χ2n) is 5.58. The smallest absolute Gasteiger partial charge is 0.309 e. The van der Waals surface area contributed by atoms with E-state index in [2.05, 4.69) is 0 Å². The van der Waals surface area contributed by atoms with Gasteiger partial charge in [0.15, 0.2) is 0 Å². The highest BCUT2D eigenvalue weighted by Gasteiger charge is 2.40. The first-order valence-corrected chi connectivity index (χ1v) is 6.88. The number of aliphatic hydroxyl groups excluding tert-OH is 2. The van der Waals surface area contributed by atoms with Crippen LogP contribution >= 0.6 is 0 Å². The maximum atomic E-state index is 11.7. The van der Waals surface area contributed by atoms with E-state index in [1.54, 1.807) is 0 Å². The number of esters is 1. The largest absolute Gasteiger partial charge is 0.458 e. The van der Waals surface area contributed by atoms with Crippen molar-refractivity contribution in [3.63, 3.8) is 0 Å². The molecule has 106 valence electrons. The van der Waals surface area contributed by atoms with Gasteiger partial charge in [-0.05, 0) is 43.4 Å². The maximum Gasteiger partial charge on any atom is 0.309 e. The van der Waals surface area contributed by atoms with Crippen molar-refractivity contribution in [2.45, 2.75) is 45.3 Å². The standard InChI is InChI=1S/C15H22O4/c1-9-7-14-12(10(2)15(18)19-14)5-3-11(8-16)4-6-13(9)17/h4,7,10,12-14,16-17H,3,5-6,8H2,1-2H3/t10-,12-,13+,14+/m0/s1. The molecule has 4 atom stereocenters. The molecule has 1 aliphatic heterocycles. The van der Waals surface area contributed by atoms with E-state index in [1.807, 2.05) is 26.0 Å². The summed E-state index contributed by atoms with van der Waals surface area (Å²) in [6.07, 6.45) is 5.05. The van der Waals surface area contributed by atoms with Crippen LogP contribution in [0.4, 0.5) is 0 Å². The Morgan fingerprint density at radius 2 is 2.21 bits per heavy atom. The Balaban J connectivity index is 2.26. The highest BCUT2D eigenvalue weighted by molar-refractivity contribution is 5.75. The predicted octanol–water partition coefficient (Wildman–Crippen LogP) is 1.57. The van der Waals surface area contributed by atoms with Gasteiger partial charge in [0.2, 0.25) is 0 Å². The first-order chi connectivity index (χ1) is 9.02. The SMILES string of the molecule is CC1=C[C@H]2OC(=O)[C@@H](C)[C@@H]2CCC(CO)=CC[C@H]1O. The Labute approximate surface area is 113 Å². The number of aliphatic hydroxyl groups is 2. The molecular weight excluding hydrogens is 244 g/mol. The predicted molar refractivity (Wildman–Crippen MR) is 71.3 cm³/mol. The summed E-state index contributed by atoms with van der Waals surface area (Å²) < 4.78 is 5.39. The third-order valence-electron chi connectivity index (χ3n) is 4.27. The number of carbonyl (C=O) groups excluding carboxylic acids is 1.